The zero-order chi connectivity index (χ0) is 11.0. The van der Waals surface area contributed by atoms with Crippen molar-refractivity contribution in [2.45, 2.75) is 6.92 Å². The first-order valence-electron chi connectivity index (χ1n) is 4.37. The van der Waals surface area contributed by atoms with Gasteiger partial charge in [0.2, 0.25) is 0 Å². The number of aryl methyl sites for hydroxylation is 1. The molecule has 0 unspecified atom stereocenters. The molecule has 4 nitrogen and oxygen atoms in total. The van der Waals surface area contributed by atoms with Crippen LogP contribution in [0.3, 0.4) is 0 Å². The van der Waals surface area contributed by atoms with Crippen LogP contribution in [0.1, 0.15) is 15.9 Å². The maximum Gasteiger partial charge on any atom is 0.340 e. The highest BCUT2D eigenvalue weighted by Crippen LogP contribution is 2.28. The second-order valence-electron chi connectivity index (χ2n) is 3.15. The number of aromatic nitrogens is 1. The summed E-state index contributed by atoms with van der Waals surface area (Å²) in [4.78, 5) is 15.7. The molecule has 78 valence electrons. The predicted molar refractivity (Wildman–Crippen MR) is 60.1 cm³/mol. The van der Waals surface area contributed by atoms with Crippen molar-refractivity contribution in [3.05, 3.63) is 23.3 Å². The van der Waals surface area contributed by atoms with Crippen LogP contribution in [0.25, 0.3) is 10.2 Å². The summed E-state index contributed by atoms with van der Waals surface area (Å²) in [5, 5.41) is 0.459. The van der Waals surface area contributed by atoms with Crippen LogP contribution in [0.2, 0.25) is 0 Å². The van der Waals surface area contributed by atoms with Crippen LogP contribution < -0.4 is 5.73 Å². The predicted octanol–water partition coefficient (Wildman–Crippen LogP) is 1.97. The normalized spacial score (nSPS) is 10.5. The zero-order valence-electron chi connectivity index (χ0n) is 8.40. The fourth-order valence-corrected chi connectivity index (χ4v) is 2.21. The number of ether oxygens (including phenoxy) is 1. The number of thiazole rings is 1. The second-order valence-corrected chi connectivity index (χ2v) is 4.21. The molecule has 15 heavy (non-hydrogen) atoms. The van der Waals surface area contributed by atoms with Crippen molar-refractivity contribution in [2.75, 3.05) is 12.8 Å². The number of carbonyl (C=O) groups is 1. The lowest BCUT2D eigenvalue weighted by Gasteiger charge is -2.03. The quantitative estimate of drug-likeness (QED) is 0.749. The molecule has 5 heteroatoms. The van der Waals surface area contributed by atoms with Crippen molar-refractivity contribution in [1.29, 1.82) is 0 Å². The topological polar surface area (TPSA) is 65.2 Å². The largest absolute Gasteiger partial charge is 0.465 e. The van der Waals surface area contributed by atoms with Crippen LogP contribution in [0, 0.1) is 6.92 Å². The Labute approximate surface area is 90.7 Å². The van der Waals surface area contributed by atoms with E-state index in [1.54, 1.807) is 0 Å². The Kier molecular flexibility index (Phi) is 2.32. The van der Waals surface area contributed by atoms with Crippen LogP contribution in [0.4, 0.5) is 5.13 Å². The van der Waals surface area contributed by atoms with E-state index in [0.717, 1.165) is 10.3 Å². The fraction of sp³-hybridized carbons (Fsp3) is 0.200. The minimum Gasteiger partial charge on any atom is -0.465 e. The number of fused-ring (bicyclic) bond motifs is 1. The highest BCUT2D eigenvalue weighted by Gasteiger charge is 2.16. The monoisotopic (exact) mass is 222 g/mol. The first-order valence-corrected chi connectivity index (χ1v) is 5.19. The van der Waals surface area contributed by atoms with Gasteiger partial charge in [0.05, 0.1) is 22.9 Å². The molecule has 0 saturated carbocycles. The van der Waals surface area contributed by atoms with Gasteiger partial charge in [-0.1, -0.05) is 17.4 Å². The summed E-state index contributed by atoms with van der Waals surface area (Å²) < 4.78 is 5.62. The SMILES string of the molecule is COC(=O)c1c(C)ccc2sc(N)nc12. The van der Waals surface area contributed by atoms with Gasteiger partial charge in [-0.2, -0.15) is 0 Å². The Bertz CT molecular complexity index is 533. The number of hydrogen-bond acceptors (Lipinski definition) is 5. The summed E-state index contributed by atoms with van der Waals surface area (Å²) in [6.45, 7) is 1.85. The number of nitrogen functional groups attached to an aromatic ring is 1. The average Bonchev–Trinajstić information content (AvgIpc) is 2.57. The third-order valence-electron chi connectivity index (χ3n) is 2.18. The maximum atomic E-state index is 11.6. The molecule has 0 aliphatic carbocycles. The number of esters is 1. The van der Waals surface area contributed by atoms with Crippen molar-refractivity contribution in [2.24, 2.45) is 0 Å². The molecule has 1 heterocycles. The summed E-state index contributed by atoms with van der Waals surface area (Å²) in [5.74, 6) is -0.372. The van der Waals surface area contributed by atoms with E-state index in [1.807, 2.05) is 19.1 Å². The molecule has 2 rings (SSSR count). The number of hydrogen-bond donors (Lipinski definition) is 1. The standard InChI is InChI=1S/C10H10N2O2S/c1-5-3-4-6-8(12-10(11)15-6)7(5)9(13)14-2/h3-4H,1-2H3,(H2,11,12). The molecule has 2 N–H and O–H groups in total. The summed E-state index contributed by atoms with van der Waals surface area (Å²) in [5.41, 5.74) is 7.59. The van der Waals surface area contributed by atoms with Gasteiger partial charge in [-0.05, 0) is 18.6 Å². The molecular weight excluding hydrogens is 212 g/mol. The lowest BCUT2D eigenvalue weighted by Crippen LogP contribution is -2.04. The molecule has 1 aromatic heterocycles. The Morgan fingerprint density at radius 2 is 2.27 bits per heavy atom. The van der Waals surface area contributed by atoms with Gasteiger partial charge >= 0.3 is 5.97 Å². The van der Waals surface area contributed by atoms with E-state index in [-0.39, 0.29) is 5.97 Å². The molecule has 0 fully saturated rings. The van der Waals surface area contributed by atoms with Gasteiger partial charge in [0.25, 0.3) is 0 Å². The number of benzene rings is 1. The van der Waals surface area contributed by atoms with E-state index in [2.05, 4.69) is 4.98 Å². The van der Waals surface area contributed by atoms with Gasteiger partial charge < -0.3 is 10.5 Å². The van der Waals surface area contributed by atoms with E-state index in [1.165, 1.54) is 18.4 Å². The van der Waals surface area contributed by atoms with E-state index in [0.29, 0.717) is 16.2 Å². The third kappa shape index (κ3) is 1.55. The van der Waals surface area contributed by atoms with Gasteiger partial charge in [-0.3, -0.25) is 0 Å². The molecule has 0 spiro atoms. The zero-order valence-corrected chi connectivity index (χ0v) is 9.22. The minimum atomic E-state index is -0.372. The molecule has 0 bridgehead atoms. The van der Waals surface area contributed by atoms with Crippen molar-refractivity contribution >= 4 is 32.7 Å². The van der Waals surface area contributed by atoms with Crippen molar-refractivity contribution in [1.82, 2.24) is 4.98 Å². The second kappa shape index (κ2) is 3.51. The first-order chi connectivity index (χ1) is 7.13. The number of nitrogens with two attached hydrogens (primary N) is 1. The minimum absolute atomic E-state index is 0.372. The highest BCUT2D eigenvalue weighted by atomic mass is 32.1. The number of methoxy groups -OCH3 is 1. The van der Waals surface area contributed by atoms with E-state index in [9.17, 15) is 4.79 Å². The number of rotatable bonds is 1. The van der Waals surface area contributed by atoms with Crippen LogP contribution in [-0.2, 0) is 4.74 Å². The van der Waals surface area contributed by atoms with Gasteiger partial charge in [-0.25, -0.2) is 9.78 Å². The van der Waals surface area contributed by atoms with Crippen LogP contribution in [0.5, 0.6) is 0 Å². The first kappa shape index (κ1) is 9.92. The molecule has 0 aliphatic rings. The molecule has 0 atom stereocenters. The van der Waals surface area contributed by atoms with Crippen molar-refractivity contribution in [3.63, 3.8) is 0 Å². The molecule has 1 aromatic carbocycles. The Morgan fingerprint density at radius 3 is 2.93 bits per heavy atom. The third-order valence-corrected chi connectivity index (χ3v) is 3.03. The number of carbonyl (C=O) groups excluding carboxylic acids is 1. The maximum absolute atomic E-state index is 11.6. The van der Waals surface area contributed by atoms with Gasteiger partial charge in [0.15, 0.2) is 5.13 Å². The van der Waals surface area contributed by atoms with E-state index < -0.39 is 0 Å². The Morgan fingerprint density at radius 1 is 1.53 bits per heavy atom. The summed E-state index contributed by atoms with van der Waals surface area (Å²) in [6.07, 6.45) is 0. The molecule has 0 amide bonds. The van der Waals surface area contributed by atoms with Crippen molar-refractivity contribution in [3.8, 4) is 0 Å². The Hall–Kier alpha value is -1.62. The molecular formula is C10H10N2O2S. The van der Waals surface area contributed by atoms with Gasteiger partial charge in [0.1, 0.15) is 0 Å². The molecule has 0 saturated heterocycles. The molecule has 0 radical (unpaired) electrons. The van der Waals surface area contributed by atoms with Crippen molar-refractivity contribution < 1.29 is 9.53 Å². The Balaban J connectivity index is 2.78. The van der Waals surface area contributed by atoms with Crippen LogP contribution in [0.15, 0.2) is 12.1 Å². The lowest BCUT2D eigenvalue weighted by atomic mass is 10.1. The van der Waals surface area contributed by atoms with Crippen LogP contribution in [-0.4, -0.2) is 18.1 Å². The van der Waals surface area contributed by atoms with E-state index in [4.69, 9.17) is 10.5 Å². The van der Waals surface area contributed by atoms with Gasteiger partial charge in [0, 0.05) is 0 Å². The molecule has 0 aliphatic heterocycles. The van der Waals surface area contributed by atoms with E-state index >= 15 is 0 Å². The fourth-order valence-electron chi connectivity index (χ4n) is 1.47. The highest BCUT2D eigenvalue weighted by molar-refractivity contribution is 7.22. The van der Waals surface area contributed by atoms with Crippen LogP contribution >= 0.6 is 11.3 Å². The number of anilines is 1. The molecule has 2 aromatic rings. The van der Waals surface area contributed by atoms with Gasteiger partial charge in [-0.15, -0.1) is 0 Å². The number of nitrogens with zero attached hydrogens (tertiary/aromatic N) is 1. The summed E-state index contributed by atoms with van der Waals surface area (Å²) in [6, 6.07) is 3.78. The smallest absolute Gasteiger partial charge is 0.340 e. The summed E-state index contributed by atoms with van der Waals surface area (Å²) >= 11 is 1.36. The lowest BCUT2D eigenvalue weighted by molar-refractivity contribution is 0.0602. The average molecular weight is 222 g/mol. The summed E-state index contributed by atoms with van der Waals surface area (Å²) in [7, 11) is 1.36.